The second-order valence-electron chi connectivity index (χ2n) is 32.1. The molecule has 6 aromatic heterocycles. The molecule has 23 rings (SSSR count). The molecular formula is C117H76N10. The topological polar surface area (TPSA) is 112 Å². The van der Waals surface area contributed by atoms with Crippen molar-refractivity contribution in [1.82, 2.24) is 39.0 Å². The number of aliphatic imine (C=N–C) groups is 2. The van der Waals surface area contributed by atoms with Crippen LogP contribution in [0.3, 0.4) is 0 Å². The average molecular weight is 1620 g/mol. The number of fused-ring (bicyclic) bond motifs is 6. The van der Waals surface area contributed by atoms with Crippen LogP contribution in [0.2, 0.25) is 0 Å². The second-order valence-corrected chi connectivity index (χ2v) is 32.1. The number of para-hydroxylation sites is 4. The lowest BCUT2D eigenvalue weighted by atomic mass is 9.79. The molecule has 0 N–H and O–H groups in total. The zero-order chi connectivity index (χ0) is 84.4. The van der Waals surface area contributed by atoms with E-state index >= 15 is 0 Å². The number of hydrogen-bond acceptors (Lipinski definition) is 8. The number of hydrogen-bond donors (Lipinski definition) is 0. The highest BCUT2D eigenvalue weighted by molar-refractivity contribution is 6.35. The summed E-state index contributed by atoms with van der Waals surface area (Å²) >= 11 is 0. The van der Waals surface area contributed by atoms with Crippen molar-refractivity contribution in [3.63, 3.8) is 0 Å². The van der Waals surface area contributed by atoms with E-state index in [-0.39, 0.29) is 0 Å². The molecule has 10 heteroatoms. The van der Waals surface area contributed by atoms with E-state index in [1.165, 1.54) is 0 Å². The van der Waals surface area contributed by atoms with Gasteiger partial charge in [-0.15, -0.1) is 0 Å². The molecule has 1 aliphatic carbocycles. The first-order chi connectivity index (χ1) is 62.9. The van der Waals surface area contributed by atoms with Crippen molar-refractivity contribution >= 4 is 61.7 Å². The van der Waals surface area contributed by atoms with Gasteiger partial charge in [0.05, 0.1) is 56.2 Å². The zero-order valence-corrected chi connectivity index (χ0v) is 69.2. The molecule has 16 aromatic carbocycles. The average Bonchev–Trinajstić information content (AvgIpc) is 1.39. The number of pyridine rings is 4. The Morgan fingerprint density at radius 1 is 0.236 bits per heavy atom. The van der Waals surface area contributed by atoms with Gasteiger partial charge in [0.1, 0.15) is 11.6 Å². The molecule has 6 heterocycles. The van der Waals surface area contributed by atoms with Gasteiger partial charge in [-0.1, -0.05) is 273 Å². The summed E-state index contributed by atoms with van der Waals surface area (Å²) in [4.78, 5) is 40.5. The third kappa shape index (κ3) is 13.4. The van der Waals surface area contributed by atoms with E-state index in [0.717, 1.165) is 245 Å². The first-order valence-electron chi connectivity index (χ1n) is 42.7. The summed E-state index contributed by atoms with van der Waals surface area (Å²) in [5, 5.41) is 4.09. The van der Waals surface area contributed by atoms with Gasteiger partial charge in [0, 0.05) is 98.5 Å². The highest BCUT2D eigenvalue weighted by Gasteiger charge is 2.31. The predicted molar refractivity (Wildman–Crippen MR) is 524 cm³/mol. The van der Waals surface area contributed by atoms with E-state index in [1.54, 1.807) is 0 Å². The third-order valence-corrected chi connectivity index (χ3v) is 24.9. The summed E-state index contributed by atoms with van der Waals surface area (Å²) in [6.45, 7) is 4.39. The van der Waals surface area contributed by atoms with Crippen molar-refractivity contribution in [3.8, 4) is 179 Å². The van der Waals surface area contributed by atoms with E-state index in [4.69, 9.17) is 20.0 Å². The molecule has 127 heavy (non-hydrogen) atoms. The van der Waals surface area contributed by atoms with Crippen LogP contribution in [-0.4, -0.2) is 58.5 Å². The number of rotatable bonds is 17. The molecule has 0 amide bonds. The normalized spacial score (nSPS) is 12.0. The Morgan fingerprint density at radius 3 is 0.921 bits per heavy atom. The molecule has 0 saturated heterocycles. The fraction of sp³-hybridized carbons (Fsp3) is 0.00855. The van der Waals surface area contributed by atoms with E-state index < -0.39 is 0 Å². The van der Waals surface area contributed by atoms with Crippen LogP contribution in [0.25, 0.3) is 223 Å². The standard InChI is InChI=1S/C117H76N10/c1-118-114-100-60-58-88(126-110-40-13-11-38-108(110)124-116(126)86-68-82(94-28-7-3-24-90(94)74-42-50-78(51-43-74)104-34-15-19-62-120-104)66-83(69-86)95-29-8-4-25-91(95)75-44-52-79(53-45-75)105-35-16-20-63-121-105)72-102(100)98-32-23-33-99-103-73-89(59-61-101(103)115(119-2)113(114)112(98)99)127-111-41-14-12-39-109(111)125-117(127)87-70-84(96-30-9-5-26-92(96)76-46-54-80(55-47-76)106-36-17-21-64-122-106)67-85(71-87)97-31-10-6-27-93(97)77-48-56-81(57-49-77)107-37-18-22-65-123-107/h3-73H,1H2,2H3/b119-115-. The summed E-state index contributed by atoms with van der Waals surface area (Å²) in [7, 11) is 1.90. The smallest absolute Gasteiger partial charge is 0.145 e. The van der Waals surface area contributed by atoms with Crippen molar-refractivity contribution < 1.29 is 0 Å². The molecule has 0 spiro atoms. The van der Waals surface area contributed by atoms with Gasteiger partial charge >= 0.3 is 0 Å². The Kier molecular flexibility index (Phi) is 18.7. The summed E-state index contributed by atoms with van der Waals surface area (Å²) in [5.41, 5.74) is 38.4. The molecule has 1 aliphatic rings. The van der Waals surface area contributed by atoms with Crippen LogP contribution in [0, 0.1) is 0 Å². The molecule has 0 atom stereocenters. The largest absolute Gasteiger partial charge is 0.292 e. The van der Waals surface area contributed by atoms with E-state index in [0.29, 0.717) is 0 Å². The van der Waals surface area contributed by atoms with Crippen LogP contribution in [-0.2, 0) is 0 Å². The van der Waals surface area contributed by atoms with Gasteiger partial charge in [-0.25, -0.2) is 9.97 Å². The van der Waals surface area contributed by atoms with Gasteiger partial charge in [0.2, 0.25) is 0 Å². The quantitative estimate of drug-likeness (QED) is 0.0663. The third-order valence-electron chi connectivity index (χ3n) is 24.9. The minimum atomic E-state index is 0.768. The van der Waals surface area contributed by atoms with E-state index in [2.05, 4.69) is 394 Å². The van der Waals surface area contributed by atoms with Gasteiger partial charge in [-0.05, 0) is 251 Å². The molecule has 22 aromatic rings. The molecule has 10 nitrogen and oxygen atoms in total. The Labute approximate surface area is 734 Å². The Hall–Kier alpha value is -17.1. The lowest BCUT2D eigenvalue weighted by Crippen LogP contribution is -2.13. The van der Waals surface area contributed by atoms with Crippen molar-refractivity contribution in [1.29, 1.82) is 0 Å². The summed E-state index contributed by atoms with van der Waals surface area (Å²) < 4.78 is 4.69. The second kappa shape index (κ2) is 31.7. The molecule has 0 aliphatic heterocycles. The van der Waals surface area contributed by atoms with E-state index in [9.17, 15) is 0 Å². The molecular weight excluding hydrogens is 1550 g/mol. The molecule has 0 unspecified atom stereocenters. The maximum Gasteiger partial charge on any atom is 0.145 e. The van der Waals surface area contributed by atoms with Crippen LogP contribution in [0.4, 0.5) is 5.69 Å². The number of nitrogens with zero attached hydrogens (tertiary/aromatic N) is 10. The van der Waals surface area contributed by atoms with Gasteiger partial charge in [0.25, 0.3) is 0 Å². The van der Waals surface area contributed by atoms with Crippen molar-refractivity contribution in [2.75, 3.05) is 7.05 Å². The first-order valence-corrected chi connectivity index (χ1v) is 42.7. The highest BCUT2D eigenvalue weighted by Crippen LogP contribution is 2.51. The van der Waals surface area contributed by atoms with Crippen molar-refractivity contribution in [2.45, 2.75) is 0 Å². The van der Waals surface area contributed by atoms with Crippen LogP contribution in [0.1, 0.15) is 11.1 Å². The predicted octanol–water partition coefficient (Wildman–Crippen LogP) is 29.4. The molecule has 594 valence electrons. The Bertz CT molecular complexity index is 7810. The maximum absolute atomic E-state index is 5.70. The molecule has 0 bridgehead atoms. The van der Waals surface area contributed by atoms with Gasteiger partial charge < -0.3 is 0 Å². The van der Waals surface area contributed by atoms with E-state index in [1.807, 2.05) is 80.4 Å². The highest BCUT2D eigenvalue weighted by atomic mass is 15.1. The zero-order valence-electron chi connectivity index (χ0n) is 69.2. The van der Waals surface area contributed by atoms with Crippen molar-refractivity contribution in [3.05, 3.63) is 442 Å². The van der Waals surface area contributed by atoms with Crippen LogP contribution in [0.15, 0.2) is 441 Å². The lowest BCUT2D eigenvalue weighted by molar-refractivity contribution is 1.10. The van der Waals surface area contributed by atoms with Crippen molar-refractivity contribution in [2.24, 2.45) is 9.98 Å². The molecule has 0 fully saturated rings. The van der Waals surface area contributed by atoms with Crippen LogP contribution >= 0.6 is 0 Å². The fourth-order valence-corrected chi connectivity index (χ4v) is 18.9. The first kappa shape index (κ1) is 74.9. The lowest BCUT2D eigenvalue weighted by Gasteiger charge is -2.26. The SMILES string of the molecule is C=Nc1c2c3c(cccc3c3cc(-n4c(-c5cc(-c6ccccc6-c6ccc(-c7ccccn7)cc6)cc(-c6ccccc6-c6ccc(-c7ccccn7)cc6)c5)nc5ccccc54)ccc13)-c1cc(-n3c(-c4cc(-c5ccccc5-c5ccc(-c6ccccn6)cc5)cc(-c5ccccc5-c5ccc(-c6ccccn6)cc5)c4)nc4ccccc43)ccc1/C2=N/C. The minimum absolute atomic E-state index is 0.768. The summed E-state index contributed by atoms with van der Waals surface area (Å²) in [5.74, 6) is 1.59. The van der Waals surface area contributed by atoms with Crippen LogP contribution in [0.5, 0.6) is 0 Å². The van der Waals surface area contributed by atoms with Gasteiger partial charge in [0.15, 0.2) is 0 Å². The number of aromatic nitrogens is 8. The molecule has 0 radical (unpaired) electrons. The van der Waals surface area contributed by atoms with Gasteiger partial charge in [-0.2, -0.15) is 0 Å². The summed E-state index contributed by atoms with van der Waals surface area (Å²) in [6, 6.07) is 145. The summed E-state index contributed by atoms with van der Waals surface area (Å²) in [6.07, 6.45) is 7.38. The fourth-order valence-electron chi connectivity index (χ4n) is 18.9. The number of benzene rings is 16. The monoisotopic (exact) mass is 1620 g/mol. The van der Waals surface area contributed by atoms with Crippen LogP contribution < -0.4 is 0 Å². The van der Waals surface area contributed by atoms with Gasteiger partial charge in [-0.3, -0.25) is 39.1 Å². The Morgan fingerprint density at radius 2 is 0.559 bits per heavy atom. The molecule has 0 saturated carbocycles. The minimum Gasteiger partial charge on any atom is -0.292 e. The number of imidazole rings is 2. The Balaban J connectivity index is 0.681. The maximum atomic E-state index is 5.70.